The largest absolute Gasteiger partial charge is 0.348 e. The second-order valence-electron chi connectivity index (χ2n) is 7.90. The molecule has 1 aromatic carbocycles. The number of carbonyl (C=O) groups is 1. The number of anilines is 2. The van der Waals surface area contributed by atoms with Crippen LogP contribution in [0.25, 0.3) is 11.4 Å². The number of rotatable bonds is 9. The first-order valence-corrected chi connectivity index (χ1v) is 11.0. The molecule has 0 radical (unpaired) electrons. The van der Waals surface area contributed by atoms with Gasteiger partial charge in [0.25, 0.3) is 5.91 Å². The van der Waals surface area contributed by atoms with Gasteiger partial charge < -0.3 is 10.6 Å². The van der Waals surface area contributed by atoms with Gasteiger partial charge in [0.15, 0.2) is 5.82 Å². The number of hydrogen-bond acceptors (Lipinski definition) is 7. The summed E-state index contributed by atoms with van der Waals surface area (Å²) in [6.07, 6.45) is 10.0. The van der Waals surface area contributed by atoms with Gasteiger partial charge in [-0.05, 0) is 30.5 Å². The van der Waals surface area contributed by atoms with Gasteiger partial charge in [0.2, 0.25) is 5.95 Å². The number of aromatic nitrogens is 7. The van der Waals surface area contributed by atoms with Crippen molar-refractivity contribution in [3.63, 3.8) is 0 Å². The Morgan fingerprint density at radius 1 is 1.15 bits per heavy atom. The fourth-order valence-corrected chi connectivity index (χ4v) is 3.39. The van der Waals surface area contributed by atoms with Crippen LogP contribution in [0.15, 0.2) is 43.2 Å². The summed E-state index contributed by atoms with van der Waals surface area (Å²) < 4.78 is 18.6. The molecule has 0 bridgehead atoms. The number of hydrogen-bond donors (Lipinski definition) is 2. The molecule has 4 rings (SSSR count). The number of amides is 1. The average Bonchev–Trinajstić information content (AvgIpc) is 3.47. The Morgan fingerprint density at radius 2 is 2.00 bits per heavy atom. The van der Waals surface area contributed by atoms with E-state index in [1.165, 1.54) is 6.33 Å². The molecule has 0 aliphatic carbocycles. The summed E-state index contributed by atoms with van der Waals surface area (Å²) in [7, 11) is 1.80. The van der Waals surface area contributed by atoms with Crippen molar-refractivity contribution >= 4 is 17.5 Å². The number of benzene rings is 1. The monoisotopic (exact) mass is 463 g/mol. The van der Waals surface area contributed by atoms with Crippen molar-refractivity contribution in [3.05, 3.63) is 65.8 Å². The van der Waals surface area contributed by atoms with Crippen LogP contribution in [-0.4, -0.2) is 40.4 Å². The minimum atomic E-state index is -0.447. The molecule has 1 amide bonds. The standard InChI is InChI=1S/C23H26FN9O/c1-4-5-8-33-12-17(10-29-33)22(34)25-9-16-6-7-19(20(24)15(16)2)21-26-14-27-23(31-21)30-18-11-28-32(3)13-18/h6-7,10-14H,4-5,8-9H2,1-3H3,(H,25,34)(H,26,27,30,31). The zero-order chi connectivity index (χ0) is 24.1. The molecule has 3 heterocycles. The molecule has 34 heavy (non-hydrogen) atoms. The second-order valence-corrected chi connectivity index (χ2v) is 7.90. The van der Waals surface area contributed by atoms with Crippen molar-refractivity contribution in [2.75, 3.05) is 5.32 Å². The first-order chi connectivity index (χ1) is 16.4. The van der Waals surface area contributed by atoms with Gasteiger partial charge in [0, 0.05) is 32.5 Å². The number of unbranched alkanes of at least 4 members (excludes halogenated alkanes) is 1. The van der Waals surface area contributed by atoms with E-state index in [0.29, 0.717) is 22.4 Å². The van der Waals surface area contributed by atoms with Gasteiger partial charge in [0.1, 0.15) is 12.1 Å². The highest BCUT2D eigenvalue weighted by Gasteiger charge is 2.16. The van der Waals surface area contributed by atoms with E-state index in [0.717, 1.165) is 19.4 Å². The first kappa shape index (κ1) is 23.0. The van der Waals surface area contributed by atoms with Crippen LogP contribution in [0.5, 0.6) is 0 Å². The third-order valence-corrected chi connectivity index (χ3v) is 5.35. The third kappa shape index (κ3) is 5.25. The van der Waals surface area contributed by atoms with E-state index in [9.17, 15) is 4.79 Å². The van der Waals surface area contributed by atoms with Crippen LogP contribution in [0.1, 0.15) is 41.3 Å². The molecule has 10 nitrogen and oxygen atoms in total. The Bertz CT molecular complexity index is 1300. The molecule has 0 aliphatic heterocycles. The maximum Gasteiger partial charge on any atom is 0.254 e. The first-order valence-electron chi connectivity index (χ1n) is 11.0. The summed E-state index contributed by atoms with van der Waals surface area (Å²) in [5, 5.41) is 14.1. The summed E-state index contributed by atoms with van der Waals surface area (Å²) in [4.78, 5) is 25.0. The van der Waals surface area contributed by atoms with Gasteiger partial charge in [0.05, 0.1) is 29.2 Å². The highest BCUT2D eigenvalue weighted by Crippen LogP contribution is 2.25. The number of carbonyl (C=O) groups excluding carboxylic acids is 1. The summed E-state index contributed by atoms with van der Waals surface area (Å²) in [5.41, 5.74) is 2.51. The van der Waals surface area contributed by atoms with Crippen molar-refractivity contribution in [1.29, 1.82) is 0 Å². The number of nitrogens with zero attached hydrogens (tertiary/aromatic N) is 7. The molecule has 3 aromatic heterocycles. The van der Waals surface area contributed by atoms with Gasteiger partial charge in [-0.3, -0.25) is 14.2 Å². The minimum absolute atomic E-state index is 0.188. The lowest BCUT2D eigenvalue weighted by Crippen LogP contribution is -2.23. The Kier molecular flexibility index (Phi) is 6.90. The topological polar surface area (TPSA) is 115 Å². The predicted octanol–water partition coefficient (Wildman–Crippen LogP) is 3.39. The van der Waals surface area contributed by atoms with E-state index in [1.807, 2.05) is 0 Å². The Morgan fingerprint density at radius 3 is 2.76 bits per heavy atom. The maximum atomic E-state index is 15.2. The van der Waals surface area contributed by atoms with Gasteiger partial charge in [-0.2, -0.15) is 15.2 Å². The van der Waals surface area contributed by atoms with Gasteiger partial charge in [-0.1, -0.05) is 19.4 Å². The summed E-state index contributed by atoms with van der Waals surface area (Å²) in [5.74, 6) is -0.212. The van der Waals surface area contributed by atoms with Crippen molar-refractivity contribution < 1.29 is 9.18 Å². The molecule has 0 aliphatic rings. The molecule has 2 N–H and O–H groups in total. The predicted molar refractivity (Wildman–Crippen MR) is 125 cm³/mol. The van der Waals surface area contributed by atoms with Crippen molar-refractivity contribution in [2.45, 2.75) is 39.8 Å². The van der Waals surface area contributed by atoms with Gasteiger partial charge in [-0.15, -0.1) is 0 Å². The summed E-state index contributed by atoms with van der Waals surface area (Å²) >= 11 is 0. The molecular weight excluding hydrogens is 437 g/mol. The number of aryl methyl sites for hydroxylation is 2. The fourth-order valence-electron chi connectivity index (χ4n) is 3.39. The Labute approximate surface area is 196 Å². The zero-order valence-corrected chi connectivity index (χ0v) is 19.3. The lowest BCUT2D eigenvalue weighted by atomic mass is 10.0. The van der Waals surface area contributed by atoms with Crippen LogP contribution in [0, 0.1) is 12.7 Å². The molecule has 0 fully saturated rings. The van der Waals surface area contributed by atoms with Crippen LogP contribution >= 0.6 is 0 Å². The lowest BCUT2D eigenvalue weighted by Gasteiger charge is -2.11. The Hall–Kier alpha value is -4.15. The molecule has 0 unspecified atom stereocenters. The number of nitrogens with one attached hydrogen (secondary N) is 2. The van der Waals surface area contributed by atoms with Crippen molar-refractivity contribution in [1.82, 2.24) is 39.8 Å². The van der Waals surface area contributed by atoms with Crippen LogP contribution in [-0.2, 0) is 20.1 Å². The Balaban J connectivity index is 1.45. The maximum absolute atomic E-state index is 15.2. The van der Waals surface area contributed by atoms with Crippen LogP contribution in [0.4, 0.5) is 16.0 Å². The highest BCUT2D eigenvalue weighted by atomic mass is 19.1. The zero-order valence-electron chi connectivity index (χ0n) is 19.3. The highest BCUT2D eigenvalue weighted by molar-refractivity contribution is 5.93. The molecule has 0 saturated carbocycles. The second kappa shape index (κ2) is 10.2. The SMILES string of the molecule is CCCCn1cc(C(=O)NCc2ccc(-c3ncnc(Nc4cnn(C)c4)n3)c(F)c2C)cn1. The molecule has 0 atom stereocenters. The molecule has 176 valence electrons. The molecule has 4 aromatic rings. The lowest BCUT2D eigenvalue weighted by molar-refractivity contribution is 0.0950. The quantitative estimate of drug-likeness (QED) is 0.391. The van der Waals surface area contributed by atoms with E-state index in [-0.39, 0.29) is 29.8 Å². The molecule has 0 saturated heterocycles. The summed E-state index contributed by atoms with van der Waals surface area (Å²) in [6, 6.07) is 3.37. The average molecular weight is 464 g/mol. The smallest absolute Gasteiger partial charge is 0.254 e. The van der Waals surface area contributed by atoms with E-state index >= 15 is 4.39 Å². The van der Waals surface area contributed by atoms with E-state index in [4.69, 9.17) is 0 Å². The van der Waals surface area contributed by atoms with Crippen molar-refractivity contribution in [2.24, 2.45) is 7.05 Å². The van der Waals surface area contributed by atoms with Crippen molar-refractivity contribution in [3.8, 4) is 11.4 Å². The van der Waals surface area contributed by atoms with Crippen LogP contribution in [0.2, 0.25) is 0 Å². The van der Waals surface area contributed by atoms with E-state index in [2.05, 4.69) is 42.7 Å². The molecular formula is C23H26FN9O. The van der Waals surface area contributed by atoms with Gasteiger partial charge >= 0.3 is 0 Å². The summed E-state index contributed by atoms with van der Waals surface area (Å²) in [6.45, 7) is 4.72. The minimum Gasteiger partial charge on any atom is -0.348 e. The van der Waals surface area contributed by atoms with E-state index < -0.39 is 5.82 Å². The number of halogens is 1. The molecule has 11 heteroatoms. The van der Waals surface area contributed by atoms with Gasteiger partial charge in [-0.25, -0.2) is 14.4 Å². The van der Waals surface area contributed by atoms with Crippen LogP contribution < -0.4 is 10.6 Å². The molecule has 0 spiro atoms. The normalized spacial score (nSPS) is 10.9. The van der Waals surface area contributed by atoms with E-state index in [1.54, 1.807) is 60.3 Å². The van der Waals surface area contributed by atoms with Crippen LogP contribution in [0.3, 0.4) is 0 Å². The third-order valence-electron chi connectivity index (χ3n) is 5.35. The fraction of sp³-hybridized carbons (Fsp3) is 0.304.